The normalized spacial score (nSPS) is 10.7. The predicted molar refractivity (Wildman–Crippen MR) is 128 cm³/mol. The number of nitro benzene ring substituents is 1. The SMILES string of the molecule is COc1ccc(C(=O)NCc2nnc(SCc3ccc([N+](=O)[O-])cc3)n2-c2ccc(F)cc2)cc1. The Kier molecular flexibility index (Phi) is 7.36. The molecule has 1 amide bonds. The quantitative estimate of drug-likeness (QED) is 0.207. The molecule has 4 aromatic rings. The number of hydrogen-bond donors (Lipinski definition) is 1. The van der Waals surface area contributed by atoms with Gasteiger partial charge in [0.2, 0.25) is 0 Å². The Morgan fingerprint density at radius 1 is 1.06 bits per heavy atom. The van der Waals surface area contributed by atoms with E-state index in [9.17, 15) is 19.3 Å². The van der Waals surface area contributed by atoms with Crippen molar-refractivity contribution >= 4 is 23.4 Å². The first-order valence-electron chi connectivity index (χ1n) is 10.4. The van der Waals surface area contributed by atoms with E-state index in [2.05, 4.69) is 15.5 Å². The van der Waals surface area contributed by atoms with Crippen molar-refractivity contribution in [3.63, 3.8) is 0 Å². The summed E-state index contributed by atoms with van der Waals surface area (Å²) >= 11 is 1.37. The van der Waals surface area contributed by atoms with Gasteiger partial charge in [0.15, 0.2) is 11.0 Å². The van der Waals surface area contributed by atoms with Gasteiger partial charge in [-0.05, 0) is 54.1 Å². The van der Waals surface area contributed by atoms with Crippen molar-refractivity contribution in [3.05, 3.63) is 106 Å². The average molecular weight is 494 g/mol. The Balaban J connectivity index is 1.53. The van der Waals surface area contributed by atoms with E-state index < -0.39 is 4.92 Å². The summed E-state index contributed by atoms with van der Waals surface area (Å²) in [6, 6.07) is 18.8. The first kappa shape index (κ1) is 23.9. The van der Waals surface area contributed by atoms with E-state index in [0.29, 0.717) is 33.7 Å². The van der Waals surface area contributed by atoms with Crippen molar-refractivity contribution in [2.75, 3.05) is 7.11 Å². The fraction of sp³-hybridized carbons (Fsp3) is 0.125. The van der Waals surface area contributed by atoms with Crippen molar-refractivity contribution in [1.82, 2.24) is 20.1 Å². The third-order valence-corrected chi connectivity index (χ3v) is 6.06. The van der Waals surface area contributed by atoms with Gasteiger partial charge in [0.25, 0.3) is 11.6 Å². The molecule has 11 heteroatoms. The van der Waals surface area contributed by atoms with Crippen molar-refractivity contribution in [3.8, 4) is 11.4 Å². The fourth-order valence-corrected chi connectivity index (χ4v) is 4.15. The highest BCUT2D eigenvalue weighted by Crippen LogP contribution is 2.26. The van der Waals surface area contributed by atoms with E-state index in [1.165, 1.54) is 36.0 Å². The highest BCUT2D eigenvalue weighted by atomic mass is 32.2. The second kappa shape index (κ2) is 10.8. The van der Waals surface area contributed by atoms with Crippen LogP contribution in [0.15, 0.2) is 78.0 Å². The number of benzene rings is 3. The number of amides is 1. The summed E-state index contributed by atoms with van der Waals surface area (Å²) in [6.45, 7) is 0.0906. The molecule has 0 fully saturated rings. The summed E-state index contributed by atoms with van der Waals surface area (Å²) in [7, 11) is 1.55. The van der Waals surface area contributed by atoms with Crippen molar-refractivity contribution in [1.29, 1.82) is 0 Å². The molecule has 0 spiro atoms. The number of methoxy groups -OCH3 is 1. The summed E-state index contributed by atoms with van der Waals surface area (Å²) in [6.07, 6.45) is 0. The van der Waals surface area contributed by atoms with Crippen LogP contribution in [0.25, 0.3) is 5.69 Å². The number of hydrogen-bond acceptors (Lipinski definition) is 7. The molecule has 0 aliphatic heterocycles. The molecule has 3 aromatic carbocycles. The van der Waals surface area contributed by atoms with E-state index in [0.717, 1.165) is 5.56 Å². The first-order chi connectivity index (χ1) is 16.9. The lowest BCUT2D eigenvalue weighted by Crippen LogP contribution is -2.24. The van der Waals surface area contributed by atoms with Gasteiger partial charge in [0.1, 0.15) is 11.6 Å². The van der Waals surface area contributed by atoms with Crippen LogP contribution in [-0.2, 0) is 12.3 Å². The van der Waals surface area contributed by atoms with Crippen LogP contribution in [-0.4, -0.2) is 32.7 Å². The lowest BCUT2D eigenvalue weighted by atomic mass is 10.2. The number of halogens is 1. The molecular formula is C24H20FN5O4S. The van der Waals surface area contributed by atoms with Crippen molar-refractivity contribution < 1.29 is 18.8 Å². The van der Waals surface area contributed by atoms with Gasteiger partial charge >= 0.3 is 0 Å². The van der Waals surface area contributed by atoms with Crippen molar-refractivity contribution in [2.45, 2.75) is 17.5 Å². The Bertz CT molecular complexity index is 1330. The molecule has 0 saturated carbocycles. The van der Waals surface area contributed by atoms with E-state index in [-0.39, 0.29) is 24.0 Å². The Hall–Kier alpha value is -4.25. The van der Waals surface area contributed by atoms with Crippen molar-refractivity contribution in [2.24, 2.45) is 0 Å². The van der Waals surface area contributed by atoms with Gasteiger partial charge in [-0.15, -0.1) is 10.2 Å². The van der Waals surface area contributed by atoms with Crippen LogP contribution in [0.5, 0.6) is 5.75 Å². The highest BCUT2D eigenvalue weighted by molar-refractivity contribution is 7.98. The van der Waals surface area contributed by atoms with Gasteiger partial charge in [-0.2, -0.15) is 0 Å². The number of nitrogens with one attached hydrogen (secondary N) is 1. The Morgan fingerprint density at radius 3 is 2.37 bits per heavy atom. The number of nitro groups is 1. The van der Waals surface area contributed by atoms with Crippen LogP contribution in [0.3, 0.4) is 0 Å². The molecule has 0 radical (unpaired) electrons. The van der Waals surface area contributed by atoms with E-state index in [1.807, 2.05) is 0 Å². The molecule has 0 unspecified atom stereocenters. The van der Waals surface area contributed by atoms with E-state index >= 15 is 0 Å². The smallest absolute Gasteiger partial charge is 0.269 e. The number of carbonyl (C=O) groups excluding carboxylic acids is 1. The van der Waals surface area contributed by atoms with Gasteiger partial charge < -0.3 is 10.1 Å². The molecule has 0 atom stereocenters. The summed E-state index contributed by atoms with van der Waals surface area (Å²) < 4.78 is 20.4. The highest BCUT2D eigenvalue weighted by Gasteiger charge is 2.16. The molecule has 0 saturated heterocycles. The van der Waals surface area contributed by atoms with Gasteiger partial charge in [-0.25, -0.2) is 4.39 Å². The third kappa shape index (κ3) is 5.82. The number of nitrogens with zero attached hydrogens (tertiary/aromatic N) is 4. The first-order valence-corrected chi connectivity index (χ1v) is 11.4. The summed E-state index contributed by atoms with van der Waals surface area (Å²) in [4.78, 5) is 23.0. The largest absolute Gasteiger partial charge is 0.497 e. The second-order valence-corrected chi connectivity index (χ2v) is 8.28. The Labute approximate surface area is 204 Å². The van der Waals surface area contributed by atoms with E-state index in [1.54, 1.807) is 60.2 Å². The monoisotopic (exact) mass is 493 g/mol. The molecule has 4 rings (SSSR count). The molecule has 1 heterocycles. The Morgan fingerprint density at radius 2 is 1.74 bits per heavy atom. The zero-order valence-corrected chi connectivity index (χ0v) is 19.4. The van der Waals surface area contributed by atoms with Crippen LogP contribution in [0.4, 0.5) is 10.1 Å². The summed E-state index contributed by atoms with van der Waals surface area (Å²) in [5, 5.41) is 22.7. The number of ether oxygens (including phenoxy) is 1. The van der Waals surface area contributed by atoms with Crippen LogP contribution >= 0.6 is 11.8 Å². The van der Waals surface area contributed by atoms with Gasteiger partial charge in [0, 0.05) is 29.1 Å². The predicted octanol–water partition coefficient (Wildman–Crippen LogP) is 4.55. The maximum atomic E-state index is 13.5. The minimum Gasteiger partial charge on any atom is -0.497 e. The van der Waals surface area contributed by atoms with Crippen LogP contribution in [0.2, 0.25) is 0 Å². The molecule has 1 aromatic heterocycles. The third-order valence-electron chi connectivity index (χ3n) is 5.06. The lowest BCUT2D eigenvalue weighted by molar-refractivity contribution is -0.384. The van der Waals surface area contributed by atoms with E-state index in [4.69, 9.17) is 4.74 Å². The molecule has 0 aliphatic carbocycles. The minimum absolute atomic E-state index is 0.0168. The standard InChI is InChI=1S/C24H20FN5O4S/c1-34-21-12-4-17(5-13-21)23(31)26-14-22-27-28-24(29(22)19-10-6-18(25)7-11-19)35-15-16-2-8-20(9-3-16)30(32)33/h2-13H,14-15H2,1H3,(H,26,31). The summed E-state index contributed by atoms with van der Waals surface area (Å²) in [5.41, 5.74) is 1.98. The van der Waals surface area contributed by atoms with Crippen LogP contribution in [0, 0.1) is 15.9 Å². The molecule has 0 bridgehead atoms. The topological polar surface area (TPSA) is 112 Å². The molecular weight excluding hydrogens is 473 g/mol. The summed E-state index contributed by atoms with van der Waals surface area (Å²) in [5.74, 6) is 0.921. The average Bonchev–Trinajstić information content (AvgIpc) is 3.29. The van der Waals surface area contributed by atoms with Crippen LogP contribution in [0.1, 0.15) is 21.7 Å². The fourth-order valence-electron chi connectivity index (χ4n) is 3.22. The minimum atomic E-state index is -0.450. The lowest BCUT2D eigenvalue weighted by Gasteiger charge is -2.11. The molecule has 178 valence electrons. The molecule has 9 nitrogen and oxygen atoms in total. The molecule has 35 heavy (non-hydrogen) atoms. The maximum Gasteiger partial charge on any atom is 0.269 e. The number of rotatable bonds is 9. The number of non-ortho nitro benzene ring substituents is 1. The number of thioether (sulfide) groups is 1. The molecule has 1 N–H and O–H groups in total. The zero-order valence-electron chi connectivity index (χ0n) is 18.6. The zero-order chi connectivity index (χ0) is 24.8. The van der Waals surface area contributed by atoms with Gasteiger partial charge in [0.05, 0.1) is 18.6 Å². The molecule has 0 aliphatic rings. The van der Waals surface area contributed by atoms with Gasteiger partial charge in [-0.3, -0.25) is 19.5 Å². The van der Waals surface area contributed by atoms with Crippen LogP contribution < -0.4 is 10.1 Å². The number of carbonyl (C=O) groups is 1. The second-order valence-electron chi connectivity index (χ2n) is 7.33. The maximum absolute atomic E-state index is 13.5. The number of aromatic nitrogens is 3. The van der Waals surface area contributed by atoms with Gasteiger partial charge in [-0.1, -0.05) is 23.9 Å².